The van der Waals surface area contributed by atoms with Crippen LogP contribution in [-0.2, 0) is 9.47 Å². The molecule has 0 spiro atoms. The van der Waals surface area contributed by atoms with Gasteiger partial charge < -0.3 is 15.2 Å². The van der Waals surface area contributed by atoms with Crippen molar-refractivity contribution in [2.75, 3.05) is 31.9 Å². The first kappa shape index (κ1) is 28.7. The van der Waals surface area contributed by atoms with Gasteiger partial charge in [0.05, 0.1) is 18.4 Å². The Balaban J connectivity index is 0. The third kappa shape index (κ3) is 12.5. The molecule has 2 N–H and O–H groups in total. The Labute approximate surface area is 176 Å². The number of esters is 1. The zero-order valence-electron chi connectivity index (χ0n) is 20.2. The number of ether oxygens (including phenoxy) is 2. The molecule has 8 heteroatoms. The summed E-state index contributed by atoms with van der Waals surface area (Å²) in [6.07, 6.45) is 0.782. The Kier molecular flexibility index (Phi) is 12.0. The standard InChI is InChI=1S/C14H22N4O4.C5H12.C2H6/c1-14(2,3)22-13(20)18(5)17(4)11-10(15)7-9(8-16-11)12(19)21-6;1-5(2,3)4;1-2/h7-8H,15H2,1-6H3;1-4H3;1-2H3. The zero-order chi connectivity index (χ0) is 23.6. The molecule has 0 unspecified atom stereocenters. The minimum Gasteiger partial charge on any atom is -0.465 e. The molecule has 168 valence electrons. The summed E-state index contributed by atoms with van der Waals surface area (Å²) in [5.41, 5.74) is 6.25. The van der Waals surface area contributed by atoms with E-state index < -0.39 is 17.7 Å². The molecular weight excluding hydrogens is 372 g/mol. The Morgan fingerprint density at radius 1 is 1.03 bits per heavy atom. The van der Waals surface area contributed by atoms with E-state index in [2.05, 4.69) is 37.4 Å². The quantitative estimate of drug-likeness (QED) is 0.565. The third-order valence-corrected chi connectivity index (χ3v) is 2.73. The van der Waals surface area contributed by atoms with Crippen molar-refractivity contribution in [1.82, 2.24) is 9.99 Å². The number of amides is 1. The lowest BCUT2D eigenvalue weighted by Gasteiger charge is -2.31. The number of hydrogen-bond donors (Lipinski definition) is 1. The van der Waals surface area contributed by atoms with Crippen molar-refractivity contribution in [3.05, 3.63) is 17.8 Å². The van der Waals surface area contributed by atoms with E-state index in [-0.39, 0.29) is 11.3 Å². The van der Waals surface area contributed by atoms with Crippen molar-refractivity contribution < 1.29 is 19.1 Å². The number of rotatable bonds is 3. The highest BCUT2D eigenvalue weighted by Gasteiger charge is 2.24. The first-order chi connectivity index (χ1) is 13.1. The summed E-state index contributed by atoms with van der Waals surface area (Å²) in [5, 5.41) is 2.67. The summed E-state index contributed by atoms with van der Waals surface area (Å²) in [4.78, 5) is 27.6. The average molecular weight is 413 g/mol. The predicted molar refractivity (Wildman–Crippen MR) is 119 cm³/mol. The Morgan fingerprint density at radius 3 is 1.83 bits per heavy atom. The van der Waals surface area contributed by atoms with Gasteiger partial charge in [-0.05, 0) is 32.3 Å². The lowest BCUT2D eigenvalue weighted by Crippen LogP contribution is -2.44. The molecule has 8 nitrogen and oxygen atoms in total. The number of anilines is 2. The molecule has 0 radical (unpaired) electrons. The monoisotopic (exact) mass is 412 g/mol. The van der Waals surface area contributed by atoms with E-state index in [0.717, 1.165) is 0 Å². The third-order valence-electron chi connectivity index (χ3n) is 2.73. The minimum atomic E-state index is -0.611. The maximum Gasteiger partial charge on any atom is 0.429 e. The molecule has 0 saturated heterocycles. The molecule has 0 fully saturated rings. The molecule has 0 saturated carbocycles. The van der Waals surface area contributed by atoms with Crippen LogP contribution in [0.2, 0.25) is 0 Å². The summed E-state index contributed by atoms with van der Waals surface area (Å²) in [5.74, 6) is -0.213. The van der Waals surface area contributed by atoms with Gasteiger partial charge in [-0.1, -0.05) is 41.5 Å². The Hall–Kier alpha value is -2.51. The number of hydrogen-bond acceptors (Lipinski definition) is 7. The van der Waals surface area contributed by atoms with Gasteiger partial charge in [-0.3, -0.25) is 5.01 Å². The van der Waals surface area contributed by atoms with Gasteiger partial charge >= 0.3 is 12.1 Å². The van der Waals surface area contributed by atoms with Crippen LogP contribution < -0.4 is 10.7 Å². The van der Waals surface area contributed by atoms with E-state index in [0.29, 0.717) is 11.2 Å². The largest absolute Gasteiger partial charge is 0.465 e. The number of hydrazine groups is 1. The van der Waals surface area contributed by atoms with E-state index in [1.807, 2.05) is 13.8 Å². The summed E-state index contributed by atoms with van der Waals surface area (Å²) in [6, 6.07) is 1.44. The maximum atomic E-state index is 12.0. The summed E-state index contributed by atoms with van der Waals surface area (Å²) in [7, 11) is 4.42. The van der Waals surface area contributed by atoms with Crippen LogP contribution in [-0.4, -0.2) is 48.9 Å². The van der Waals surface area contributed by atoms with Crippen molar-refractivity contribution >= 4 is 23.6 Å². The van der Waals surface area contributed by atoms with Gasteiger partial charge in [0, 0.05) is 20.3 Å². The molecular formula is C21H40N4O4. The van der Waals surface area contributed by atoms with E-state index in [1.54, 1.807) is 27.8 Å². The van der Waals surface area contributed by atoms with Crippen LogP contribution in [0.3, 0.4) is 0 Å². The first-order valence-electron chi connectivity index (χ1n) is 9.61. The number of aromatic nitrogens is 1. The molecule has 0 aliphatic rings. The van der Waals surface area contributed by atoms with E-state index >= 15 is 0 Å². The highest BCUT2D eigenvalue weighted by atomic mass is 16.6. The maximum absolute atomic E-state index is 12.0. The minimum absolute atomic E-state index is 0.233. The van der Waals surface area contributed by atoms with E-state index in [9.17, 15) is 9.59 Å². The Bertz CT molecular complexity index is 643. The van der Waals surface area contributed by atoms with Crippen LogP contribution in [0.4, 0.5) is 16.3 Å². The fourth-order valence-electron chi connectivity index (χ4n) is 1.57. The molecule has 1 aromatic heterocycles. The molecule has 0 bridgehead atoms. The smallest absolute Gasteiger partial charge is 0.429 e. The van der Waals surface area contributed by atoms with Crippen molar-refractivity contribution in [2.45, 2.75) is 67.9 Å². The van der Waals surface area contributed by atoms with Gasteiger partial charge in [0.1, 0.15) is 5.60 Å². The SMILES string of the molecule is CC.CC(C)(C)C.COC(=O)c1cnc(N(C)N(C)C(=O)OC(C)(C)C)c(N)c1. The average Bonchev–Trinajstić information content (AvgIpc) is 2.58. The summed E-state index contributed by atoms with van der Waals surface area (Å²) >= 11 is 0. The van der Waals surface area contributed by atoms with Crippen LogP contribution in [0.25, 0.3) is 0 Å². The number of nitrogen functional groups attached to an aromatic ring is 1. The first-order valence-corrected chi connectivity index (χ1v) is 9.61. The molecule has 1 heterocycles. The number of carbonyl (C=O) groups is 2. The van der Waals surface area contributed by atoms with Crippen molar-refractivity contribution in [2.24, 2.45) is 5.41 Å². The van der Waals surface area contributed by atoms with Gasteiger partial charge in [-0.25, -0.2) is 19.6 Å². The van der Waals surface area contributed by atoms with Crippen molar-refractivity contribution in [3.63, 3.8) is 0 Å². The van der Waals surface area contributed by atoms with E-state index in [4.69, 9.17) is 10.5 Å². The van der Waals surface area contributed by atoms with Gasteiger partial charge in [-0.15, -0.1) is 0 Å². The van der Waals surface area contributed by atoms with Crippen LogP contribution in [0, 0.1) is 5.41 Å². The lowest BCUT2D eigenvalue weighted by atomic mass is 10.0. The Morgan fingerprint density at radius 2 is 1.48 bits per heavy atom. The van der Waals surface area contributed by atoms with Gasteiger partial charge in [-0.2, -0.15) is 0 Å². The molecule has 1 aromatic rings. The second kappa shape index (κ2) is 12.1. The molecule has 1 amide bonds. The fourth-order valence-corrected chi connectivity index (χ4v) is 1.57. The molecule has 1 rings (SSSR count). The molecule has 0 aliphatic carbocycles. The highest BCUT2D eigenvalue weighted by molar-refractivity contribution is 5.91. The van der Waals surface area contributed by atoms with Gasteiger partial charge in [0.15, 0.2) is 5.82 Å². The van der Waals surface area contributed by atoms with Crippen molar-refractivity contribution in [1.29, 1.82) is 0 Å². The van der Waals surface area contributed by atoms with Gasteiger partial charge in [0.2, 0.25) is 0 Å². The summed E-state index contributed by atoms with van der Waals surface area (Å²) in [6.45, 7) is 18.1. The normalized spacial score (nSPS) is 10.5. The molecule has 0 aliphatic heterocycles. The molecule has 29 heavy (non-hydrogen) atoms. The fraction of sp³-hybridized carbons (Fsp3) is 0.667. The number of pyridine rings is 1. The van der Waals surface area contributed by atoms with Gasteiger partial charge in [0.25, 0.3) is 0 Å². The topological polar surface area (TPSA) is 98.0 Å². The number of nitrogens with zero attached hydrogens (tertiary/aromatic N) is 3. The highest BCUT2D eigenvalue weighted by Crippen LogP contribution is 2.22. The van der Waals surface area contributed by atoms with Crippen LogP contribution in [0.5, 0.6) is 0 Å². The van der Waals surface area contributed by atoms with Crippen LogP contribution in [0.15, 0.2) is 12.3 Å². The number of nitrogens with two attached hydrogens (primary N) is 1. The number of carbonyl (C=O) groups excluding carboxylic acids is 2. The van der Waals surface area contributed by atoms with Crippen LogP contribution in [0.1, 0.15) is 72.7 Å². The number of methoxy groups -OCH3 is 1. The lowest BCUT2D eigenvalue weighted by molar-refractivity contribution is 0.0286. The summed E-state index contributed by atoms with van der Waals surface area (Å²) < 4.78 is 9.86. The zero-order valence-corrected chi connectivity index (χ0v) is 20.2. The second-order valence-electron chi connectivity index (χ2n) is 8.66. The van der Waals surface area contributed by atoms with E-state index in [1.165, 1.54) is 36.4 Å². The van der Waals surface area contributed by atoms with Crippen LogP contribution >= 0.6 is 0 Å². The molecule has 0 atom stereocenters. The second-order valence-corrected chi connectivity index (χ2v) is 8.66. The van der Waals surface area contributed by atoms with Crippen molar-refractivity contribution in [3.8, 4) is 0 Å². The molecule has 0 aromatic carbocycles. The predicted octanol–water partition coefficient (Wildman–Crippen LogP) is 4.75.